The van der Waals surface area contributed by atoms with E-state index in [2.05, 4.69) is 175 Å². The smallest absolute Gasteiger partial charge is 0.462 e. The Hall–Kier alpha value is -11.0. The molecule has 17 rings (SSSR count). The number of pyridine rings is 6. The van der Waals surface area contributed by atoms with Crippen LogP contribution in [0.4, 0.5) is 46.0 Å². The van der Waals surface area contributed by atoms with E-state index in [-0.39, 0.29) is 92.6 Å². The van der Waals surface area contributed by atoms with Crippen molar-refractivity contribution < 1.29 is 48.4 Å². The molecule has 11 heterocycles. The number of fused-ring (bicyclic) bond motifs is 3. The van der Waals surface area contributed by atoms with Gasteiger partial charge in [-0.1, -0.05) is 127 Å². The van der Waals surface area contributed by atoms with Crippen molar-refractivity contribution in [2.45, 2.75) is 134 Å². The minimum atomic E-state index is -1.45. The largest absolute Gasteiger partial charge is 0.488 e. The Morgan fingerprint density at radius 1 is 0.492 bits per heavy atom. The standard InChI is InChI=1S/C27H24N4O2.C20H24BrN3O3.C20H20BrN3O2.C11H17N3O.C9H7BrO2.C7H6BNO2.3CH3.Al/c1-18-16-30(17-19(2)33-18)26-12-11-22(15-29-26)31-14-13-24-23(5-4-6-25(24)27(31)32)20-7-9-21(28-3)10-8-20;1-13-11-24(12-14(2)27-13)19-7-6-15(10-22-19)23-20(26)17-4-3-5-18(21)16(17)8-9-25;1-13-11-23(12-14(2)26-13)19-7-6-15(10-22-19)24-9-8-16-17(20(24)25)4-3-5-18(16)21;1-8-6-14(7-9(2)15-8)11-4-3-10(12)5-13-11;10-8-3-1-2-7-6(8)4-5-12-9(7)11;1-9-7-4-2-6(3-5-7)8(10)11;;;;/h4-15,18-19H,16-17H2,1-2H3;3-7,10,13-14,25H,8-9,11-12H2,1-2H3,(H,23,26);3-10,13-14H,11-12H2,1-2H3;3-5,8-9H,6-7,12H2,1-2H3;1-3H,4-5H2;2-5,10-11H;3*1H3;/t18-,19+;2*13-,14+;8-,9+;;;;;;. The Morgan fingerprint density at radius 2 is 0.898 bits per heavy atom. The molecule has 0 aliphatic carbocycles. The Kier molecular flexibility index (Phi) is 35.7. The number of aromatic nitrogens is 6. The number of nitrogen functional groups attached to an aromatic ring is 1. The second-order valence-corrected chi connectivity index (χ2v) is 38.5. The molecule has 12 aromatic rings. The number of nitrogens with two attached hydrogens (primary N) is 1. The molecule has 5 aliphatic rings. The summed E-state index contributed by atoms with van der Waals surface area (Å²) in [6.45, 7) is 37.4. The Balaban J connectivity index is 0.000000153. The summed E-state index contributed by atoms with van der Waals surface area (Å²) in [6.07, 6.45) is 13.2. The third kappa shape index (κ3) is 26.8. The van der Waals surface area contributed by atoms with Gasteiger partial charge >= 0.3 is 13.1 Å². The normalized spacial score (nSPS) is 18.6. The highest BCUT2D eigenvalue weighted by Crippen LogP contribution is 2.33. The number of amides is 1. The van der Waals surface area contributed by atoms with E-state index in [0.29, 0.717) is 63.1 Å². The number of morpholine rings is 4. The van der Waals surface area contributed by atoms with E-state index in [1.165, 1.54) is 12.1 Å². The molecule has 6 N–H and O–H groups in total. The number of cyclic esters (lactones) is 1. The molecule has 26 nitrogen and oxygen atoms in total. The van der Waals surface area contributed by atoms with Gasteiger partial charge in [0.1, 0.15) is 23.3 Å². The lowest BCUT2D eigenvalue weighted by Gasteiger charge is -2.36. The lowest BCUT2D eigenvalue weighted by atomic mass is 9.80. The molecule has 6 aromatic carbocycles. The van der Waals surface area contributed by atoms with Crippen LogP contribution in [0.3, 0.4) is 0 Å². The maximum Gasteiger partial charge on any atom is 0.488 e. The van der Waals surface area contributed by atoms with Gasteiger partial charge in [0.05, 0.1) is 122 Å². The third-order valence-corrected chi connectivity index (χ3v) is 23.1. The molecule has 128 heavy (non-hydrogen) atoms. The number of anilines is 6. The van der Waals surface area contributed by atoms with E-state index in [9.17, 15) is 24.3 Å². The summed E-state index contributed by atoms with van der Waals surface area (Å²) in [6, 6.07) is 55.3. The van der Waals surface area contributed by atoms with Crippen LogP contribution in [0.5, 0.6) is 0 Å². The second-order valence-electron chi connectivity index (χ2n) is 32.5. The van der Waals surface area contributed by atoms with Gasteiger partial charge < -0.3 is 69.5 Å². The quantitative estimate of drug-likeness (QED) is 0.0431. The molecule has 5 aliphatic heterocycles. The monoisotopic (exact) mass is 1930 g/mol. The molecule has 0 saturated carbocycles. The summed E-state index contributed by atoms with van der Waals surface area (Å²) in [5.41, 5.74) is 14.8. The zero-order valence-electron chi connectivity index (χ0n) is 73.6. The molecule has 0 radical (unpaired) electrons. The maximum absolute atomic E-state index is 13.4. The van der Waals surface area contributed by atoms with E-state index in [1.807, 2.05) is 133 Å². The highest BCUT2D eigenvalue weighted by molar-refractivity contribution is 9.11. The Morgan fingerprint density at radius 3 is 1.33 bits per heavy atom. The van der Waals surface area contributed by atoms with Gasteiger partial charge in [0.15, 0.2) is 11.4 Å². The van der Waals surface area contributed by atoms with Crippen molar-refractivity contribution in [3.63, 3.8) is 0 Å². The van der Waals surface area contributed by atoms with Gasteiger partial charge in [0, 0.05) is 113 Å². The number of aliphatic hydroxyl groups is 1. The fourth-order valence-electron chi connectivity index (χ4n) is 15.4. The summed E-state index contributed by atoms with van der Waals surface area (Å²) >= 11 is 10.2. The molecule has 31 heteroatoms. The first-order chi connectivity index (χ1) is 61.4. The van der Waals surface area contributed by atoms with Crippen molar-refractivity contribution in [3.8, 4) is 22.5 Å². The molecular weight excluding hydrogens is 1830 g/mol. The molecule has 664 valence electrons. The van der Waals surface area contributed by atoms with Gasteiger partial charge in [-0.25, -0.2) is 34.4 Å². The number of hydrogen-bond donors (Lipinski definition) is 5. The summed E-state index contributed by atoms with van der Waals surface area (Å²) in [5, 5.41) is 32.6. The number of benzene rings is 6. The van der Waals surface area contributed by atoms with Crippen LogP contribution in [-0.2, 0) is 36.5 Å². The number of rotatable bonds is 12. The molecule has 8 atom stereocenters. The van der Waals surface area contributed by atoms with Crippen LogP contribution in [0.25, 0.3) is 53.7 Å². The van der Waals surface area contributed by atoms with E-state index in [0.717, 1.165) is 140 Å². The summed E-state index contributed by atoms with van der Waals surface area (Å²) < 4.78 is 33.9. The summed E-state index contributed by atoms with van der Waals surface area (Å²) in [4.78, 5) is 83.6. The summed E-state index contributed by atoms with van der Waals surface area (Å²) in [5.74, 6) is 10.1. The van der Waals surface area contributed by atoms with Crippen LogP contribution in [0, 0.1) is 13.1 Å². The highest BCUT2D eigenvalue weighted by Gasteiger charge is 2.29. The first-order valence-electron chi connectivity index (χ1n) is 42.6. The first-order valence-corrected chi connectivity index (χ1v) is 48.4. The van der Waals surface area contributed by atoms with Gasteiger partial charge in [-0.15, -0.1) is 17.4 Å². The Bertz CT molecular complexity index is 5900. The highest BCUT2D eigenvalue weighted by atomic mass is 79.9. The number of halogens is 3. The zero-order valence-corrected chi connectivity index (χ0v) is 79.5. The van der Waals surface area contributed by atoms with Crippen molar-refractivity contribution in [3.05, 3.63) is 298 Å². The minimum Gasteiger partial charge on any atom is -0.462 e. The number of carbonyl (C=O) groups excluding carboxylic acids is 2. The number of nitrogens with one attached hydrogen (secondary N) is 1. The first kappa shape index (κ1) is 97.6. The number of esters is 1. The van der Waals surface area contributed by atoms with Gasteiger partial charge in [-0.3, -0.25) is 23.5 Å². The van der Waals surface area contributed by atoms with Gasteiger partial charge in [0.2, 0.25) is 0 Å². The summed E-state index contributed by atoms with van der Waals surface area (Å²) in [7, 11) is -1.45. The van der Waals surface area contributed by atoms with Crippen LogP contribution in [0.2, 0.25) is 17.4 Å². The number of nitrogens with zero attached hydrogens (tertiary/aromatic N) is 12. The van der Waals surface area contributed by atoms with Crippen LogP contribution >= 0.6 is 47.8 Å². The van der Waals surface area contributed by atoms with E-state index in [4.69, 9.17) is 52.6 Å². The zero-order chi connectivity index (χ0) is 91.8. The number of aliphatic hydroxyl groups excluding tert-OH is 1. The van der Waals surface area contributed by atoms with Gasteiger partial charge in [-0.2, -0.15) is 0 Å². The van der Waals surface area contributed by atoms with Gasteiger partial charge in [-0.05, 0) is 198 Å². The van der Waals surface area contributed by atoms with Crippen LogP contribution in [0.1, 0.15) is 87.2 Å². The SMILES string of the molecule is C[C@@H]1CN(c2ccc(-n3ccc4c(Br)cccc4c3=O)cn2)C[C@H](C)O1.C[C@@H]1CN(c2ccc(N)cn2)C[C@H](C)O1.C[C@@H]1CN(c2ccc(NC(=O)c3cccc(Br)c3CCO)cn2)C[C@H](C)O1.O=C1OCCc2c(Br)cccc21.[C-]#[N+]c1ccc(-c2cccc3c(=O)n(-c4ccc(N5C[C@@H](C)O[C@@H](C)C5)nc4)ccc23)cc1.[C-]#[N+]c1ccc(B(O)O)cc1.[CH3][Al]([CH3])[CH3]. The number of hydrogen-bond acceptors (Lipinski definition) is 21. The molecule has 4 fully saturated rings. The van der Waals surface area contributed by atoms with Crippen LogP contribution in [-0.4, -0.2) is 192 Å². The van der Waals surface area contributed by atoms with Crippen molar-refractivity contribution >= 4 is 154 Å². The third-order valence-electron chi connectivity index (χ3n) is 20.9. The predicted molar refractivity (Wildman–Crippen MR) is 523 cm³/mol. The number of carbonyl (C=O) groups is 2. The number of ether oxygens (including phenoxy) is 5. The van der Waals surface area contributed by atoms with E-state index >= 15 is 0 Å². The molecule has 0 bridgehead atoms. The molecule has 0 spiro atoms. The fraction of sp³-hybridized carbons (Fsp3) is 0.320. The van der Waals surface area contributed by atoms with Crippen molar-refractivity contribution in [1.82, 2.24) is 29.1 Å². The molecule has 6 aromatic heterocycles. The average molecular weight is 1940 g/mol. The topological polar surface area (TPSA) is 296 Å². The lowest BCUT2D eigenvalue weighted by molar-refractivity contribution is -0.00572. The van der Waals surface area contributed by atoms with Crippen molar-refractivity contribution in [1.29, 1.82) is 0 Å². The fourth-order valence-corrected chi connectivity index (χ4v) is 17.0. The predicted octanol–water partition coefficient (Wildman–Crippen LogP) is 17.0. The molecule has 4 saturated heterocycles. The Labute approximate surface area is 777 Å². The lowest BCUT2D eigenvalue weighted by Crippen LogP contribution is -2.45. The van der Waals surface area contributed by atoms with E-state index < -0.39 is 7.12 Å². The van der Waals surface area contributed by atoms with Crippen LogP contribution < -0.4 is 47.2 Å². The minimum absolute atomic E-state index is 0.0183. The van der Waals surface area contributed by atoms with Gasteiger partial charge in [0.25, 0.3) is 31.2 Å². The molecular formula is C97H107AlBBr3N14O12. The second kappa shape index (κ2) is 46.8. The molecule has 0 unspecified atom stereocenters. The van der Waals surface area contributed by atoms with E-state index in [1.54, 1.807) is 82.7 Å². The average Bonchev–Trinajstić information content (AvgIpc) is 0.768. The molecule has 1 amide bonds. The van der Waals surface area contributed by atoms with Crippen LogP contribution in [0.15, 0.2) is 242 Å². The van der Waals surface area contributed by atoms with Crippen molar-refractivity contribution in [2.75, 3.05) is 96.2 Å². The van der Waals surface area contributed by atoms with Crippen molar-refractivity contribution in [2.24, 2.45) is 0 Å². The maximum atomic E-state index is 13.4.